The van der Waals surface area contributed by atoms with Gasteiger partial charge in [-0.05, 0) is 49.6 Å². The summed E-state index contributed by atoms with van der Waals surface area (Å²) in [6.45, 7) is 1.82. The van der Waals surface area contributed by atoms with E-state index in [-0.39, 0.29) is 22.4 Å². The number of rotatable bonds is 6. The smallest absolute Gasteiger partial charge is 0.269 e. The molecule has 2 N–H and O–H groups in total. The molecule has 0 atom stereocenters. The Morgan fingerprint density at radius 1 is 1.15 bits per heavy atom. The molecule has 1 saturated carbocycles. The second-order valence-corrected chi connectivity index (χ2v) is 7.83. The van der Waals surface area contributed by atoms with Gasteiger partial charge in [-0.1, -0.05) is 6.07 Å². The molecule has 1 aliphatic carbocycles. The lowest BCUT2D eigenvalue weighted by molar-refractivity contribution is -0.384. The Balaban J connectivity index is 1.80. The predicted molar refractivity (Wildman–Crippen MR) is 96.4 cm³/mol. The van der Waals surface area contributed by atoms with Crippen molar-refractivity contribution >= 4 is 33.0 Å². The van der Waals surface area contributed by atoms with Crippen LogP contribution in [-0.2, 0) is 14.8 Å². The fourth-order valence-electron chi connectivity index (χ4n) is 2.36. The Labute approximate surface area is 150 Å². The topological polar surface area (TPSA) is 118 Å². The van der Waals surface area contributed by atoms with Crippen LogP contribution < -0.4 is 10.0 Å². The molecule has 0 radical (unpaired) electrons. The van der Waals surface area contributed by atoms with Gasteiger partial charge in [-0.3, -0.25) is 19.6 Å². The molecule has 0 saturated heterocycles. The second kappa shape index (κ2) is 6.75. The predicted octanol–water partition coefficient (Wildman–Crippen LogP) is 3.05. The number of amides is 1. The maximum atomic E-state index is 12.5. The number of nitrogens with one attached hydrogen (secondary N) is 2. The molecule has 1 aliphatic rings. The van der Waals surface area contributed by atoms with E-state index in [0.29, 0.717) is 11.4 Å². The second-order valence-electron chi connectivity index (χ2n) is 6.15. The highest BCUT2D eigenvalue weighted by Gasteiger charge is 2.29. The SMILES string of the molecule is Cc1ccc(NS(=O)(=O)c2ccc([N+](=O)[O-])cc2)cc1NC(=O)C1CC1. The molecule has 0 unspecified atom stereocenters. The lowest BCUT2D eigenvalue weighted by atomic mass is 10.2. The quantitative estimate of drug-likeness (QED) is 0.594. The molecular formula is C17H17N3O5S. The van der Waals surface area contributed by atoms with Crippen molar-refractivity contribution in [1.29, 1.82) is 0 Å². The maximum Gasteiger partial charge on any atom is 0.269 e. The first-order valence-corrected chi connectivity index (χ1v) is 9.43. The zero-order chi connectivity index (χ0) is 18.9. The molecular weight excluding hydrogens is 358 g/mol. The molecule has 0 bridgehead atoms. The third kappa shape index (κ3) is 3.99. The fraction of sp³-hybridized carbons (Fsp3) is 0.235. The summed E-state index contributed by atoms with van der Waals surface area (Å²) in [5, 5.41) is 13.5. The Morgan fingerprint density at radius 2 is 1.81 bits per heavy atom. The largest absolute Gasteiger partial charge is 0.326 e. The van der Waals surface area contributed by atoms with Gasteiger partial charge < -0.3 is 5.32 Å². The molecule has 8 nitrogen and oxygen atoms in total. The summed E-state index contributed by atoms with van der Waals surface area (Å²) in [4.78, 5) is 21.9. The number of nitro groups is 1. The van der Waals surface area contributed by atoms with Crippen molar-refractivity contribution in [3.05, 3.63) is 58.1 Å². The van der Waals surface area contributed by atoms with Crippen LogP contribution in [0.5, 0.6) is 0 Å². The fourth-order valence-corrected chi connectivity index (χ4v) is 3.41. The number of hydrogen-bond acceptors (Lipinski definition) is 5. The highest BCUT2D eigenvalue weighted by molar-refractivity contribution is 7.92. The van der Waals surface area contributed by atoms with Crippen LogP contribution in [-0.4, -0.2) is 19.2 Å². The normalized spacial score (nSPS) is 13.9. The van der Waals surface area contributed by atoms with Gasteiger partial charge in [0.05, 0.1) is 15.5 Å². The highest BCUT2D eigenvalue weighted by atomic mass is 32.2. The van der Waals surface area contributed by atoms with Crippen molar-refractivity contribution in [2.75, 3.05) is 10.0 Å². The number of hydrogen-bond donors (Lipinski definition) is 2. The molecule has 136 valence electrons. The summed E-state index contributed by atoms with van der Waals surface area (Å²) < 4.78 is 27.3. The van der Waals surface area contributed by atoms with Gasteiger partial charge in [0.2, 0.25) is 5.91 Å². The van der Waals surface area contributed by atoms with E-state index < -0.39 is 14.9 Å². The average molecular weight is 375 g/mol. The minimum Gasteiger partial charge on any atom is -0.326 e. The van der Waals surface area contributed by atoms with E-state index >= 15 is 0 Å². The zero-order valence-corrected chi connectivity index (χ0v) is 14.7. The van der Waals surface area contributed by atoms with E-state index in [4.69, 9.17) is 0 Å². The molecule has 9 heteroatoms. The van der Waals surface area contributed by atoms with Gasteiger partial charge in [-0.2, -0.15) is 0 Å². The van der Waals surface area contributed by atoms with Gasteiger partial charge in [-0.15, -0.1) is 0 Å². The Kier molecular flexibility index (Phi) is 4.64. The third-order valence-electron chi connectivity index (χ3n) is 4.05. The third-order valence-corrected chi connectivity index (χ3v) is 5.45. The van der Waals surface area contributed by atoms with Crippen LogP contribution in [0.2, 0.25) is 0 Å². The minimum absolute atomic E-state index is 0.0369. The summed E-state index contributed by atoms with van der Waals surface area (Å²) in [6, 6.07) is 9.45. The first-order chi connectivity index (χ1) is 12.3. The minimum atomic E-state index is -3.90. The first-order valence-electron chi connectivity index (χ1n) is 7.95. The van der Waals surface area contributed by atoms with Crippen LogP contribution in [0.4, 0.5) is 17.1 Å². The van der Waals surface area contributed by atoms with E-state index in [9.17, 15) is 23.3 Å². The van der Waals surface area contributed by atoms with E-state index in [1.54, 1.807) is 18.2 Å². The Morgan fingerprint density at radius 3 is 2.38 bits per heavy atom. The molecule has 1 fully saturated rings. The van der Waals surface area contributed by atoms with Crippen LogP contribution in [0.3, 0.4) is 0 Å². The van der Waals surface area contributed by atoms with Gasteiger partial charge in [0.1, 0.15) is 0 Å². The summed E-state index contributed by atoms with van der Waals surface area (Å²) in [7, 11) is -3.90. The van der Waals surface area contributed by atoms with E-state index in [0.717, 1.165) is 30.5 Å². The Bertz CT molecular complexity index is 966. The number of carbonyl (C=O) groups excluding carboxylic acids is 1. The number of sulfonamides is 1. The molecule has 26 heavy (non-hydrogen) atoms. The number of aryl methyl sites for hydroxylation is 1. The van der Waals surface area contributed by atoms with Crippen molar-refractivity contribution in [3.63, 3.8) is 0 Å². The molecule has 0 aromatic heterocycles. The van der Waals surface area contributed by atoms with Gasteiger partial charge in [0.25, 0.3) is 15.7 Å². The van der Waals surface area contributed by atoms with Crippen LogP contribution >= 0.6 is 0 Å². The van der Waals surface area contributed by atoms with Gasteiger partial charge in [-0.25, -0.2) is 8.42 Å². The maximum absolute atomic E-state index is 12.5. The molecule has 0 spiro atoms. The number of nitro benzene ring substituents is 1. The number of carbonyl (C=O) groups is 1. The van der Waals surface area contributed by atoms with Gasteiger partial charge >= 0.3 is 0 Å². The molecule has 2 aromatic carbocycles. The van der Waals surface area contributed by atoms with Crippen molar-refractivity contribution < 1.29 is 18.1 Å². The monoisotopic (exact) mass is 375 g/mol. The standard InChI is InChI=1S/C17H17N3O5S/c1-11-2-5-13(10-16(11)18-17(21)12-3-4-12)19-26(24,25)15-8-6-14(7-9-15)20(22)23/h2,5-10,12,19H,3-4H2,1H3,(H,18,21). The van der Waals surface area contributed by atoms with E-state index in [2.05, 4.69) is 10.0 Å². The van der Waals surface area contributed by atoms with Crippen LogP contribution in [0.1, 0.15) is 18.4 Å². The number of nitrogens with zero attached hydrogens (tertiary/aromatic N) is 1. The first kappa shape index (κ1) is 17.9. The number of non-ortho nitro benzene ring substituents is 1. The van der Waals surface area contributed by atoms with Crippen LogP contribution in [0, 0.1) is 23.0 Å². The summed E-state index contributed by atoms with van der Waals surface area (Å²) in [5.74, 6) is -0.0293. The van der Waals surface area contributed by atoms with E-state index in [1.807, 2.05) is 6.92 Å². The number of anilines is 2. The zero-order valence-electron chi connectivity index (χ0n) is 13.9. The summed E-state index contributed by atoms with van der Waals surface area (Å²) in [5.41, 5.74) is 1.47. The van der Waals surface area contributed by atoms with Crippen LogP contribution in [0.25, 0.3) is 0 Å². The molecule has 0 heterocycles. The van der Waals surface area contributed by atoms with Gasteiger partial charge in [0, 0.05) is 23.7 Å². The molecule has 0 aliphatic heterocycles. The van der Waals surface area contributed by atoms with Crippen molar-refractivity contribution in [3.8, 4) is 0 Å². The summed E-state index contributed by atoms with van der Waals surface area (Å²) in [6.07, 6.45) is 1.74. The highest BCUT2D eigenvalue weighted by Crippen LogP contribution is 2.31. The van der Waals surface area contributed by atoms with Crippen molar-refractivity contribution in [2.24, 2.45) is 5.92 Å². The summed E-state index contributed by atoms with van der Waals surface area (Å²) >= 11 is 0. The molecule has 2 aromatic rings. The lowest BCUT2D eigenvalue weighted by Crippen LogP contribution is -2.16. The van der Waals surface area contributed by atoms with Crippen molar-refractivity contribution in [1.82, 2.24) is 0 Å². The Hall–Kier alpha value is -2.94. The van der Waals surface area contributed by atoms with E-state index in [1.165, 1.54) is 12.1 Å². The average Bonchev–Trinajstić information content (AvgIpc) is 3.43. The van der Waals surface area contributed by atoms with Crippen molar-refractivity contribution in [2.45, 2.75) is 24.7 Å². The van der Waals surface area contributed by atoms with Crippen LogP contribution in [0.15, 0.2) is 47.4 Å². The molecule has 3 rings (SSSR count). The lowest BCUT2D eigenvalue weighted by Gasteiger charge is -2.12. The van der Waals surface area contributed by atoms with Gasteiger partial charge in [0.15, 0.2) is 0 Å². The number of benzene rings is 2. The molecule has 1 amide bonds.